The first-order chi connectivity index (χ1) is 16.6. The molecule has 2 aromatic rings. The number of nitrogens with one attached hydrogen (secondary N) is 1. The Hall–Kier alpha value is -2.70. The molecule has 1 aromatic heterocycles. The maximum Gasteiger partial charge on any atom is 0.259 e. The zero-order chi connectivity index (χ0) is 24.5. The molecule has 2 aliphatic rings. The number of thioether (sulfide) groups is 1. The highest BCUT2D eigenvalue weighted by Gasteiger charge is 2.30. The fraction of sp³-hybridized carbons (Fsp3) is 0.393. The molecule has 0 aliphatic heterocycles. The average Bonchev–Trinajstić information content (AvgIpc) is 3.61. The maximum atomic E-state index is 13.2. The van der Waals surface area contributed by atoms with Gasteiger partial charge in [0.2, 0.25) is 0 Å². The molecule has 0 bridgehead atoms. The third kappa shape index (κ3) is 7.15. The molecule has 1 fully saturated rings. The number of hydrogen-bond donors (Lipinski definition) is 1. The number of benzene rings is 1. The van der Waals surface area contributed by atoms with Crippen LogP contribution in [0.25, 0.3) is 0 Å². The summed E-state index contributed by atoms with van der Waals surface area (Å²) in [7, 11) is 0. The lowest BCUT2D eigenvalue weighted by Gasteiger charge is -2.22. The van der Waals surface area contributed by atoms with Crippen molar-refractivity contribution in [2.24, 2.45) is 0 Å². The highest BCUT2D eigenvalue weighted by atomic mass is 32.2. The van der Waals surface area contributed by atoms with E-state index in [1.165, 1.54) is 35.1 Å². The first kappa shape index (κ1) is 25.9. The van der Waals surface area contributed by atoms with E-state index in [4.69, 9.17) is 4.74 Å². The Morgan fingerprint density at radius 1 is 1.15 bits per heavy atom. The Morgan fingerprint density at radius 2 is 1.88 bits per heavy atom. The van der Waals surface area contributed by atoms with Crippen molar-refractivity contribution in [2.45, 2.75) is 75.7 Å². The van der Waals surface area contributed by atoms with Gasteiger partial charge in [0.05, 0.1) is 6.10 Å². The van der Waals surface area contributed by atoms with Gasteiger partial charge in [0.1, 0.15) is 5.82 Å². The van der Waals surface area contributed by atoms with Crippen molar-refractivity contribution in [2.75, 3.05) is 5.32 Å². The van der Waals surface area contributed by atoms with Gasteiger partial charge in [-0.15, -0.1) is 11.8 Å². The van der Waals surface area contributed by atoms with Gasteiger partial charge in [-0.25, -0.2) is 4.98 Å². The van der Waals surface area contributed by atoms with Crippen LogP contribution in [0.15, 0.2) is 70.8 Å². The summed E-state index contributed by atoms with van der Waals surface area (Å²) in [5.74, 6) is 0.126. The second kappa shape index (κ2) is 12.7. The third-order valence-electron chi connectivity index (χ3n) is 5.65. The second-order valence-corrected chi connectivity index (χ2v) is 9.70. The topological polar surface area (TPSA) is 68.3 Å². The van der Waals surface area contributed by atoms with Crippen molar-refractivity contribution >= 4 is 29.8 Å². The van der Waals surface area contributed by atoms with E-state index in [0.29, 0.717) is 11.4 Å². The number of amides is 1. The van der Waals surface area contributed by atoms with E-state index in [9.17, 15) is 9.59 Å². The normalized spacial score (nSPS) is 18.4. The number of carbonyl (C=O) groups is 2. The lowest BCUT2D eigenvalue weighted by molar-refractivity contribution is -0.131. The number of allylic oxidation sites excluding steroid dienone is 2. The molecule has 6 heteroatoms. The van der Waals surface area contributed by atoms with Crippen LogP contribution in [0.4, 0.5) is 5.82 Å². The first-order valence-electron chi connectivity index (χ1n) is 12.0. The van der Waals surface area contributed by atoms with E-state index in [1.54, 1.807) is 12.1 Å². The Labute approximate surface area is 207 Å². The molecular formula is C28H34N2O3S. The summed E-state index contributed by atoms with van der Waals surface area (Å²) in [5, 5.41) is 3.58. The minimum Gasteiger partial charge on any atom is -0.360 e. The summed E-state index contributed by atoms with van der Waals surface area (Å²) in [5.41, 5.74) is 3.86. The number of anilines is 1. The summed E-state index contributed by atoms with van der Waals surface area (Å²) in [6.45, 7) is 8.13. The first-order valence-corrected chi connectivity index (χ1v) is 12.9. The van der Waals surface area contributed by atoms with Crippen LogP contribution in [-0.4, -0.2) is 28.5 Å². The van der Waals surface area contributed by atoms with E-state index < -0.39 is 6.10 Å². The van der Waals surface area contributed by atoms with Crippen molar-refractivity contribution < 1.29 is 14.3 Å². The van der Waals surface area contributed by atoms with Crippen molar-refractivity contribution in [3.05, 3.63) is 77.0 Å². The van der Waals surface area contributed by atoms with Crippen LogP contribution in [-0.2, 0) is 9.53 Å². The van der Waals surface area contributed by atoms with Crippen LogP contribution in [0, 0.1) is 0 Å². The molecule has 1 aromatic carbocycles. The standard InChI is InChI=1S/C26H28N2O3S.C2H6/c1-3-4-20-14-21(13-17(20)2)31-25(19-6-8-22(9-7-19)32-23-10-11-23)26(30)28-24-12-5-18(16-29)15-27-24;1-2/h3-9,12,15-16,21,23,25H,10-11,13-14H2,1-2H3,(H,27,28,30);1-2H3/b4-3-;. The molecule has 4 rings (SSSR count). The molecule has 1 N–H and O–H groups in total. The lowest BCUT2D eigenvalue weighted by atomic mass is 10.1. The molecule has 1 heterocycles. The average molecular weight is 479 g/mol. The van der Waals surface area contributed by atoms with Gasteiger partial charge >= 0.3 is 0 Å². The van der Waals surface area contributed by atoms with Gasteiger partial charge in [-0.3, -0.25) is 9.59 Å². The Bertz CT molecular complexity index is 1020. The van der Waals surface area contributed by atoms with Gasteiger partial charge in [-0.2, -0.15) is 0 Å². The van der Waals surface area contributed by atoms with Gasteiger partial charge in [-0.1, -0.05) is 43.7 Å². The maximum absolute atomic E-state index is 13.2. The molecule has 5 nitrogen and oxygen atoms in total. The number of aromatic nitrogens is 1. The minimum absolute atomic E-state index is 0.0529. The van der Waals surface area contributed by atoms with Gasteiger partial charge in [0, 0.05) is 21.9 Å². The van der Waals surface area contributed by atoms with E-state index in [1.807, 2.05) is 50.7 Å². The number of rotatable bonds is 9. The Morgan fingerprint density at radius 3 is 2.47 bits per heavy atom. The molecule has 0 spiro atoms. The van der Waals surface area contributed by atoms with Crippen molar-refractivity contribution in [1.29, 1.82) is 0 Å². The summed E-state index contributed by atoms with van der Waals surface area (Å²) in [4.78, 5) is 29.5. The second-order valence-electron chi connectivity index (χ2n) is 8.32. The SMILES string of the molecule is C/C=C\C1=C(C)CC(OC(C(=O)Nc2ccc(C=O)cn2)c2ccc(SC3CC3)cc2)C1.CC. The quantitative estimate of drug-likeness (QED) is 0.396. The predicted octanol–water partition coefficient (Wildman–Crippen LogP) is 6.93. The number of nitrogens with zero attached hydrogens (tertiary/aromatic N) is 1. The van der Waals surface area contributed by atoms with Crippen LogP contribution in [0.2, 0.25) is 0 Å². The Kier molecular flexibility index (Phi) is 9.66. The van der Waals surface area contributed by atoms with E-state index in [-0.39, 0.29) is 12.0 Å². The van der Waals surface area contributed by atoms with Gasteiger partial charge in [0.15, 0.2) is 12.4 Å². The smallest absolute Gasteiger partial charge is 0.259 e. The Balaban J connectivity index is 0.00000158. The van der Waals surface area contributed by atoms with Crippen LogP contribution in [0.3, 0.4) is 0 Å². The van der Waals surface area contributed by atoms with Crippen LogP contribution >= 0.6 is 11.8 Å². The summed E-state index contributed by atoms with van der Waals surface area (Å²) >= 11 is 1.89. The molecule has 34 heavy (non-hydrogen) atoms. The fourth-order valence-electron chi connectivity index (χ4n) is 3.80. The fourth-order valence-corrected chi connectivity index (χ4v) is 4.85. The molecule has 2 aliphatic carbocycles. The largest absolute Gasteiger partial charge is 0.360 e. The van der Waals surface area contributed by atoms with Crippen molar-refractivity contribution in [3.63, 3.8) is 0 Å². The predicted molar refractivity (Wildman–Crippen MR) is 139 cm³/mol. The van der Waals surface area contributed by atoms with E-state index in [2.05, 4.69) is 35.4 Å². The van der Waals surface area contributed by atoms with Gasteiger partial charge in [0.25, 0.3) is 5.91 Å². The summed E-state index contributed by atoms with van der Waals surface area (Å²) < 4.78 is 6.38. The monoisotopic (exact) mass is 478 g/mol. The van der Waals surface area contributed by atoms with E-state index in [0.717, 1.165) is 29.9 Å². The number of hydrogen-bond acceptors (Lipinski definition) is 5. The van der Waals surface area contributed by atoms with Gasteiger partial charge in [-0.05, 0) is 74.9 Å². The molecule has 1 amide bonds. The lowest BCUT2D eigenvalue weighted by Crippen LogP contribution is -2.27. The van der Waals surface area contributed by atoms with Crippen LogP contribution in [0.1, 0.15) is 75.4 Å². The number of ether oxygens (including phenoxy) is 1. The van der Waals surface area contributed by atoms with Crippen molar-refractivity contribution in [1.82, 2.24) is 4.98 Å². The molecule has 1 saturated carbocycles. The number of carbonyl (C=O) groups excluding carboxylic acids is 2. The number of pyridine rings is 1. The molecular weight excluding hydrogens is 444 g/mol. The van der Waals surface area contributed by atoms with Crippen LogP contribution < -0.4 is 5.32 Å². The third-order valence-corrected chi connectivity index (χ3v) is 7.00. The molecule has 2 atom stereocenters. The molecule has 180 valence electrons. The zero-order valence-corrected chi connectivity index (χ0v) is 21.2. The molecule has 0 radical (unpaired) electrons. The highest BCUT2D eigenvalue weighted by Crippen LogP contribution is 2.40. The van der Waals surface area contributed by atoms with Gasteiger partial charge < -0.3 is 10.1 Å². The summed E-state index contributed by atoms with van der Waals surface area (Å²) in [6, 6.07) is 11.4. The number of aldehydes is 1. The molecule has 0 saturated heterocycles. The highest BCUT2D eigenvalue weighted by molar-refractivity contribution is 8.00. The minimum atomic E-state index is -0.745. The van der Waals surface area contributed by atoms with E-state index >= 15 is 0 Å². The summed E-state index contributed by atoms with van der Waals surface area (Å²) in [6.07, 6.45) is 9.69. The van der Waals surface area contributed by atoms with Crippen molar-refractivity contribution in [3.8, 4) is 0 Å². The zero-order valence-electron chi connectivity index (χ0n) is 20.4. The molecule has 2 unspecified atom stereocenters. The van der Waals surface area contributed by atoms with Crippen LogP contribution in [0.5, 0.6) is 0 Å².